The Balaban J connectivity index is 3.30. The largest absolute Gasteiger partial charge is 0.359 e. The molecule has 0 aliphatic carbocycles. The Hall–Kier alpha value is -1.10. The molecule has 0 aromatic rings. The molecule has 0 unspecified atom stereocenters. The van der Waals surface area contributed by atoms with Crippen molar-refractivity contribution in [2.75, 3.05) is 20.1 Å². The Kier molecular flexibility index (Phi) is 6.00. The number of nitrogens with one attached hydrogen (secondary N) is 2. The molecule has 5 nitrogen and oxygen atoms in total. The minimum absolute atomic E-state index is 0.0805. The van der Waals surface area contributed by atoms with Crippen LogP contribution in [-0.4, -0.2) is 32.0 Å². The van der Waals surface area contributed by atoms with Crippen molar-refractivity contribution < 1.29 is 9.59 Å². The van der Waals surface area contributed by atoms with Crippen molar-refractivity contribution in [1.29, 1.82) is 0 Å². The van der Waals surface area contributed by atoms with E-state index in [1.165, 1.54) is 0 Å². The molecule has 0 aromatic carbocycles. The third-order valence-corrected chi connectivity index (χ3v) is 1.32. The highest BCUT2D eigenvalue weighted by atomic mass is 16.2. The summed E-state index contributed by atoms with van der Waals surface area (Å²) in [7, 11) is 1.56. The summed E-state index contributed by atoms with van der Waals surface area (Å²) in [5.41, 5.74) is 5.15. The lowest BCUT2D eigenvalue weighted by Crippen LogP contribution is -2.30. The Labute approximate surface area is 71.7 Å². The summed E-state index contributed by atoms with van der Waals surface area (Å²) < 4.78 is 0. The number of carbonyl (C=O) groups excluding carboxylic acids is 2. The van der Waals surface area contributed by atoms with Gasteiger partial charge in [0.05, 0.1) is 0 Å². The van der Waals surface area contributed by atoms with Crippen LogP contribution in [0.1, 0.15) is 12.8 Å². The van der Waals surface area contributed by atoms with E-state index < -0.39 is 0 Å². The average Bonchev–Trinajstić information content (AvgIpc) is 2.04. The molecule has 0 spiro atoms. The van der Waals surface area contributed by atoms with Crippen LogP contribution in [0.5, 0.6) is 0 Å². The molecule has 12 heavy (non-hydrogen) atoms. The van der Waals surface area contributed by atoms with E-state index in [0.717, 1.165) is 0 Å². The first-order valence-electron chi connectivity index (χ1n) is 3.88. The summed E-state index contributed by atoms with van der Waals surface area (Å²) in [5.74, 6) is -0.190. The predicted molar refractivity (Wildman–Crippen MR) is 45.4 cm³/mol. The molecule has 0 radical (unpaired) electrons. The molecular formula is C7H15N3O2. The Morgan fingerprint density at radius 3 is 2.42 bits per heavy atom. The van der Waals surface area contributed by atoms with Gasteiger partial charge in [0.25, 0.3) is 0 Å². The number of amides is 2. The minimum atomic E-state index is -0.110. The van der Waals surface area contributed by atoms with E-state index >= 15 is 0 Å². The van der Waals surface area contributed by atoms with Crippen molar-refractivity contribution in [3.8, 4) is 0 Å². The van der Waals surface area contributed by atoms with E-state index in [-0.39, 0.29) is 11.8 Å². The first kappa shape index (κ1) is 10.9. The van der Waals surface area contributed by atoms with Crippen molar-refractivity contribution >= 4 is 11.8 Å². The molecule has 0 rings (SSSR count). The lowest BCUT2D eigenvalue weighted by Gasteiger charge is -2.02. The van der Waals surface area contributed by atoms with Gasteiger partial charge in [0.15, 0.2) is 0 Å². The number of rotatable bonds is 5. The molecule has 5 heteroatoms. The second-order valence-electron chi connectivity index (χ2n) is 2.31. The van der Waals surface area contributed by atoms with Crippen LogP contribution in [0.4, 0.5) is 0 Å². The number of nitrogens with two attached hydrogens (primary N) is 1. The summed E-state index contributed by atoms with van der Waals surface area (Å²) in [4.78, 5) is 21.5. The normalized spacial score (nSPS) is 9.17. The van der Waals surface area contributed by atoms with Crippen LogP contribution in [0.2, 0.25) is 0 Å². The molecule has 0 saturated heterocycles. The second-order valence-corrected chi connectivity index (χ2v) is 2.31. The van der Waals surface area contributed by atoms with Crippen molar-refractivity contribution in [3.05, 3.63) is 0 Å². The Morgan fingerprint density at radius 2 is 1.92 bits per heavy atom. The standard InChI is InChI=1S/C7H15N3O2/c1-9-6(11)3-5-10-7(12)2-4-8/h2-5,8H2,1H3,(H,9,11)(H,10,12). The molecule has 2 amide bonds. The van der Waals surface area contributed by atoms with Crippen LogP contribution in [0, 0.1) is 0 Å². The van der Waals surface area contributed by atoms with Gasteiger partial charge in [-0.1, -0.05) is 0 Å². The van der Waals surface area contributed by atoms with Gasteiger partial charge in [-0.3, -0.25) is 9.59 Å². The van der Waals surface area contributed by atoms with E-state index in [4.69, 9.17) is 5.73 Å². The van der Waals surface area contributed by atoms with Gasteiger partial charge in [-0.05, 0) is 0 Å². The zero-order chi connectivity index (χ0) is 9.40. The summed E-state index contributed by atoms with van der Waals surface area (Å²) >= 11 is 0. The van der Waals surface area contributed by atoms with E-state index in [0.29, 0.717) is 25.9 Å². The highest BCUT2D eigenvalue weighted by Crippen LogP contribution is 1.78. The zero-order valence-corrected chi connectivity index (χ0v) is 7.22. The van der Waals surface area contributed by atoms with Crippen LogP contribution in [-0.2, 0) is 9.59 Å². The lowest BCUT2D eigenvalue weighted by molar-refractivity contribution is -0.122. The SMILES string of the molecule is CNC(=O)CCNC(=O)CCN. The third-order valence-electron chi connectivity index (χ3n) is 1.32. The molecule has 0 aliphatic heterocycles. The molecule has 0 atom stereocenters. The highest BCUT2D eigenvalue weighted by molar-refractivity contribution is 5.78. The van der Waals surface area contributed by atoms with Gasteiger partial charge in [-0.25, -0.2) is 0 Å². The van der Waals surface area contributed by atoms with Crippen LogP contribution in [0.3, 0.4) is 0 Å². The molecule has 0 bridgehead atoms. The number of carbonyl (C=O) groups is 2. The average molecular weight is 173 g/mol. The van der Waals surface area contributed by atoms with Crippen LogP contribution >= 0.6 is 0 Å². The van der Waals surface area contributed by atoms with E-state index in [1.807, 2.05) is 0 Å². The number of hydrogen-bond donors (Lipinski definition) is 3. The molecule has 0 aliphatic rings. The minimum Gasteiger partial charge on any atom is -0.359 e. The smallest absolute Gasteiger partial charge is 0.221 e. The Morgan fingerprint density at radius 1 is 1.25 bits per heavy atom. The van der Waals surface area contributed by atoms with Gasteiger partial charge >= 0.3 is 0 Å². The molecular weight excluding hydrogens is 158 g/mol. The summed E-state index contributed by atoms with van der Waals surface area (Å²) in [6.45, 7) is 0.713. The van der Waals surface area contributed by atoms with Crippen molar-refractivity contribution in [1.82, 2.24) is 10.6 Å². The van der Waals surface area contributed by atoms with Crippen molar-refractivity contribution in [3.63, 3.8) is 0 Å². The van der Waals surface area contributed by atoms with Gasteiger partial charge < -0.3 is 16.4 Å². The van der Waals surface area contributed by atoms with Gasteiger partial charge in [0.1, 0.15) is 0 Å². The quantitative estimate of drug-likeness (QED) is 0.477. The van der Waals surface area contributed by atoms with E-state index in [1.54, 1.807) is 7.05 Å². The number of hydrogen-bond acceptors (Lipinski definition) is 3. The lowest BCUT2D eigenvalue weighted by atomic mass is 10.3. The van der Waals surface area contributed by atoms with Gasteiger partial charge in [0, 0.05) is 33.0 Å². The Bertz CT molecular complexity index is 159. The summed E-state index contributed by atoms with van der Waals surface area (Å²) in [6.07, 6.45) is 0.626. The van der Waals surface area contributed by atoms with Gasteiger partial charge in [-0.15, -0.1) is 0 Å². The van der Waals surface area contributed by atoms with Crippen molar-refractivity contribution in [2.24, 2.45) is 5.73 Å². The molecule has 0 aromatic heterocycles. The maximum Gasteiger partial charge on any atom is 0.221 e. The fourth-order valence-corrected chi connectivity index (χ4v) is 0.660. The van der Waals surface area contributed by atoms with Crippen molar-refractivity contribution in [2.45, 2.75) is 12.8 Å². The first-order valence-corrected chi connectivity index (χ1v) is 3.88. The zero-order valence-electron chi connectivity index (χ0n) is 7.22. The second kappa shape index (κ2) is 6.60. The summed E-state index contributed by atoms with van der Waals surface area (Å²) in [6, 6.07) is 0. The van der Waals surface area contributed by atoms with Gasteiger partial charge in [0.2, 0.25) is 11.8 Å². The van der Waals surface area contributed by atoms with Crippen LogP contribution in [0.15, 0.2) is 0 Å². The first-order chi connectivity index (χ1) is 5.70. The molecule has 0 heterocycles. The summed E-state index contributed by atoms with van der Waals surface area (Å²) in [5, 5.41) is 5.02. The predicted octanol–water partition coefficient (Wildman–Crippen LogP) is -1.41. The van der Waals surface area contributed by atoms with Crippen LogP contribution < -0.4 is 16.4 Å². The molecule has 70 valence electrons. The fraction of sp³-hybridized carbons (Fsp3) is 0.714. The third kappa shape index (κ3) is 5.67. The fourth-order valence-electron chi connectivity index (χ4n) is 0.660. The van der Waals surface area contributed by atoms with E-state index in [9.17, 15) is 9.59 Å². The monoisotopic (exact) mass is 173 g/mol. The topological polar surface area (TPSA) is 84.2 Å². The van der Waals surface area contributed by atoms with Gasteiger partial charge in [-0.2, -0.15) is 0 Å². The van der Waals surface area contributed by atoms with Crippen LogP contribution in [0.25, 0.3) is 0 Å². The maximum atomic E-state index is 10.8. The molecule has 0 fully saturated rings. The maximum absolute atomic E-state index is 10.8. The van der Waals surface area contributed by atoms with E-state index in [2.05, 4.69) is 10.6 Å². The molecule has 4 N–H and O–H groups in total. The highest BCUT2D eigenvalue weighted by Gasteiger charge is 2.00. The molecule has 0 saturated carbocycles.